The van der Waals surface area contributed by atoms with Gasteiger partial charge in [0.2, 0.25) is 5.82 Å². The summed E-state index contributed by atoms with van der Waals surface area (Å²) in [5.74, 6) is 0.698. The van der Waals surface area contributed by atoms with Crippen LogP contribution in [-0.4, -0.2) is 56.7 Å². The number of nitrogens with one attached hydrogen (secondary N) is 1. The summed E-state index contributed by atoms with van der Waals surface area (Å²) in [6.45, 7) is 2.48. The van der Waals surface area contributed by atoms with E-state index in [4.69, 9.17) is 0 Å². The van der Waals surface area contributed by atoms with Gasteiger partial charge in [-0.15, -0.1) is 5.10 Å². The zero-order valence-corrected chi connectivity index (χ0v) is 14.1. The second-order valence-electron chi connectivity index (χ2n) is 5.99. The lowest BCUT2D eigenvalue weighted by atomic mass is 10.3. The number of amides is 1. The molecule has 1 amide bonds. The molecule has 4 rings (SSSR count). The highest BCUT2D eigenvalue weighted by Gasteiger charge is 2.25. The van der Waals surface area contributed by atoms with Crippen molar-refractivity contribution in [1.82, 2.24) is 24.6 Å². The maximum Gasteiger partial charge on any atom is 0.348 e. The number of anilines is 1. The second kappa shape index (κ2) is 6.83. The number of rotatable bonds is 3. The molecule has 1 aromatic carbocycles. The van der Waals surface area contributed by atoms with Crippen LogP contribution < -0.4 is 10.6 Å². The molecule has 0 aliphatic carbocycles. The first-order valence-electron chi connectivity index (χ1n) is 8.42. The maximum absolute atomic E-state index is 12.7. The van der Waals surface area contributed by atoms with Crippen LogP contribution in [0.25, 0.3) is 5.69 Å². The molecule has 2 aromatic heterocycles. The van der Waals surface area contributed by atoms with Gasteiger partial charge < -0.3 is 9.80 Å². The van der Waals surface area contributed by atoms with E-state index in [1.165, 1.54) is 4.68 Å². The number of aromatic amines is 1. The molecule has 8 heteroatoms. The highest BCUT2D eigenvalue weighted by Crippen LogP contribution is 2.13. The molecular weight excluding hydrogens is 332 g/mol. The van der Waals surface area contributed by atoms with Gasteiger partial charge >= 0.3 is 5.69 Å². The standard InChI is InChI=1S/C18H18N6O2/c25-17(16-20-18(26)24(21-16)14-6-2-1-3-7-14)23-12-10-22(11-13-23)15-8-4-5-9-19-15/h1-9H,10-13H2,(H,20,21,26). The van der Waals surface area contributed by atoms with Crippen LogP contribution in [0, 0.1) is 0 Å². The van der Waals surface area contributed by atoms with Crippen molar-refractivity contribution >= 4 is 11.7 Å². The average molecular weight is 350 g/mol. The van der Waals surface area contributed by atoms with Crippen LogP contribution in [-0.2, 0) is 0 Å². The highest BCUT2D eigenvalue weighted by atomic mass is 16.2. The van der Waals surface area contributed by atoms with Gasteiger partial charge in [-0.25, -0.2) is 9.78 Å². The van der Waals surface area contributed by atoms with Crippen molar-refractivity contribution in [2.24, 2.45) is 0 Å². The number of pyridine rings is 1. The van der Waals surface area contributed by atoms with E-state index in [1.54, 1.807) is 23.2 Å². The molecule has 26 heavy (non-hydrogen) atoms. The van der Waals surface area contributed by atoms with E-state index in [0.29, 0.717) is 31.9 Å². The van der Waals surface area contributed by atoms with Crippen molar-refractivity contribution in [3.63, 3.8) is 0 Å². The lowest BCUT2D eigenvalue weighted by molar-refractivity contribution is 0.0734. The van der Waals surface area contributed by atoms with E-state index in [1.807, 2.05) is 36.4 Å². The quantitative estimate of drug-likeness (QED) is 0.759. The third kappa shape index (κ3) is 3.08. The van der Waals surface area contributed by atoms with Crippen molar-refractivity contribution in [3.05, 3.63) is 71.0 Å². The lowest BCUT2D eigenvalue weighted by Gasteiger charge is -2.34. The molecule has 0 saturated carbocycles. The van der Waals surface area contributed by atoms with Gasteiger partial charge in [-0.3, -0.25) is 9.78 Å². The van der Waals surface area contributed by atoms with Gasteiger partial charge in [0.1, 0.15) is 5.82 Å². The zero-order chi connectivity index (χ0) is 17.9. The number of benzene rings is 1. The number of hydrogen-bond donors (Lipinski definition) is 1. The zero-order valence-electron chi connectivity index (χ0n) is 14.1. The predicted octanol–water partition coefficient (Wildman–Crippen LogP) is 0.918. The first-order chi connectivity index (χ1) is 12.7. The molecule has 0 unspecified atom stereocenters. The van der Waals surface area contributed by atoms with Gasteiger partial charge in [-0.05, 0) is 24.3 Å². The third-order valence-corrected chi connectivity index (χ3v) is 4.36. The number of piperazine rings is 1. The largest absolute Gasteiger partial charge is 0.353 e. The topological polar surface area (TPSA) is 87.1 Å². The number of para-hydroxylation sites is 1. The Kier molecular flexibility index (Phi) is 4.22. The molecule has 1 aliphatic rings. The molecule has 3 aromatic rings. The Bertz CT molecular complexity index is 943. The third-order valence-electron chi connectivity index (χ3n) is 4.36. The molecule has 0 atom stereocenters. The Labute approximate surface area is 149 Å². The summed E-state index contributed by atoms with van der Waals surface area (Å²) in [5.41, 5.74) is 0.194. The van der Waals surface area contributed by atoms with E-state index in [2.05, 4.69) is 20.0 Å². The van der Waals surface area contributed by atoms with Gasteiger partial charge in [0, 0.05) is 32.4 Å². The Morgan fingerprint density at radius 3 is 2.38 bits per heavy atom. The number of nitrogens with zero attached hydrogens (tertiary/aromatic N) is 5. The molecule has 3 heterocycles. The smallest absolute Gasteiger partial charge is 0.348 e. The monoisotopic (exact) mass is 350 g/mol. The van der Waals surface area contributed by atoms with Crippen LogP contribution in [0.4, 0.5) is 5.82 Å². The van der Waals surface area contributed by atoms with Crippen LogP contribution >= 0.6 is 0 Å². The second-order valence-corrected chi connectivity index (χ2v) is 5.99. The van der Waals surface area contributed by atoms with Gasteiger partial charge in [-0.1, -0.05) is 24.3 Å². The van der Waals surface area contributed by atoms with Crippen LogP contribution in [0.3, 0.4) is 0 Å². The van der Waals surface area contributed by atoms with Gasteiger partial charge in [0.05, 0.1) is 5.69 Å². The molecule has 1 fully saturated rings. The minimum Gasteiger partial charge on any atom is -0.353 e. The van der Waals surface area contributed by atoms with Crippen molar-refractivity contribution in [1.29, 1.82) is 0 Å². The van der Waals surface area contributed by atoms with Crippen molar-refractivity contribution in [2.75, 3.05) is 31.1 Å². The molecule has 132 valence electrons. The van der Waals surface area contributed by atoms with E-state index in [0.717, 1.165) is 5.82 Å². The van der Waals surface area contributed by atoms with Crippen LogP contribution in [0.5, 0.6) is 0 Å². The summed E-state index contributed by atoms with van der Waals surface area (Å²) in [4.78, 5) is 35.5. The summed E-state index contributed by atoms with van der Waals surface area (Å²) < 4.78 is 1.21. The van der Waals surface area contributed by atoms with Crippen molar-refractivity contribution in [3.8, 4) is 5.69 Å². The van der Waals surface area contributed by atoms with Crippen LogP contribution in [0.1, 0.15) is 10.6 Å². The van der Waals surface area contributed by atoms with Gasteiger partial charge in [0.25, 0.3) is 5.91 Å². The Morgan fingerprint density at radius 1 is 0.962 bits per heavy atom. The fraction of sp³-hybridized carbons (Fsp3) is 0.222. The number of H-pyrrole nitrogens is 1. The number of aromatic nitrogens is 4. The minimum atomic E-state index is -0.424. The van der Waals surface area contributed by atoms with E-state index in [-0.39, 0.29) is 11.7 Å². The molecule has 1 saturated heterocycles. The molecule has 0 bridgehead atoms. The Hall–Kier alpha value is -3.42. The Balaban J connectivity index is 1.47. The van der Waals surface area contributed by atoms with Crippen molar-refractivity contribution in [2.45, 2.75) is 0 Å². The van der Waals surface area contributed by atoms with Crippen LogP contribution in [0.2, 0.25) is 0 Å². The van der Waals surface area contributed by atoms with Crippen LogP contribution in [0.15, 0.2) is 59.5 Å². The maximum atomic E-state index is 12.7. The summed E-state index contributed by atoms with van der Waals surface area (Å²) in [7, 11) is 0. The minimum absolute atomic E-state index is 0.0603. The SMILES string of the molecule is O=C(c1nn(-c2ccccc2)c(=O)[nH]1)N1CCN(c2ccccn2)CC1. The van der Waals surface area contributed by atoms with Gasteiger partial charge in [0.15, 0.2) is 0 Å². The summed E-state index contributed by atoms with van der Waals surface area (Å²) in [6, 6.07) is 14.8. The molecule has 1 N–H and O–H groups in total. The first kappa shape index (κ1) is 16.1. The normalized spacial score (nSPS) is 14.5. The summed E-state index contributed by atoms with van der Waals surface area (Å²) in [6.07, 6.45) is 1.76. The predicted molar refractivity (Wildman–Crippen MR) is 96.5 cm³/mol. The first-order valence-corrected chi connectivity index (χ1v) is 8.42. The van der Waals surface area contributed by atoms with Crippen molar-refractivity contribution < 1.29 is 4.79 Å². The molecule has 0 spiro atoms. The lowest BCUT2D eigenvalue weighted by Crippen LogP contribution is -2.49. The Morgan fingerprint density at radius 2 is 1.69 bits per heavy atom. The highest BCUT2D eigenvalue weighted by molar-refractivity contribution is 5.90. The van der Waals surface area contributed by atoms with E-state index in [9.17, 15) is 9.59 Å². The average Bonchev–Trinajstić information content (AvgIpc) is 3.10. The fourth-order valence-electron chi connectivity index (χ4n) is 2.99. The number of carbonyl (C=O) groups excluding carboxylic acids is 1. The summed E-state index contributed by atoms with van der Waals surface area (Å²) in [5, 5.41) is 4.16. The molecule has 1 aliphatic heterocycles. The van der Waals surface area contributed by atoms with E-state index < -0.39 is 5.69 Å². The molecule has 0 radical (unpaired) electrons. The number of carbonyl (C=O) groups is 1. The molecule has 8 nitrogen and oxygen atoms in total. The fourth-order valence-corrected chi connectivity index (χ4v) is 2.99. The van der Waals surface area contributed by atoms with E-state index >= 15 is 0 Å². The molecular formula is C18H18N6O2. The number of hydrogen-bond acceptors (Lipinski definition) is 5. The van der Waals surface area contributed by atoms with Gasteiger partial charge in [-0.2, -0.15) is 4.68 Å². The summed E-state index contributed by atoms with van der Waals surface area (Å²) >= 11 is 0.